The zero-order valence-corrected chi connectivity index (χ0v) is 18.5. The highest BCUT2D eigenvalue weighted by Gasteiger charge is 2.27. The van der Waals surface area contributed by atoms with Gasteiger partial charge < -0.3 is 14.2 Å². The molecule has 1 aliphatic rings. The molecule has 1 aliphatic heterocycles. The van der Waals surface area contributed by atoms with Crippen molar-refractivity contribution in [2.24, 2.45) is 0 Å². The predicted molar refractivity (Wildman–Crippen MR) is 118 cm³/mol. The normalized spacial score (nSPS) is 15.6. The highest BCUT2D eigenvalue weighted by Crippen LogP contribution is 2.20. The smallest absolute Gasteiger partial charge is 0.263 e. The van der Waals surface area contributed by atoms with Gasteiger partial charge in [0, 0.05) is 41.8 Å². The summed E-state index contributed by atoms with van der Waals surface area (Å²) in [6.07, 6.45) is -0.564. The van der Waals surface area contributed by atoms with Crippen LogP contribution in [-0.2, 0) is 11.3 Å². The molecule has 2 aromatic carbocycles. The molecule has 0 saturated carbocycles. The quantitative estimate of drug-likeness (QED) is 0.549. The molecule has 1 saturated heterocycles. The number of amides is 1. The SMILES string of the molecule is C[C@H](Oc1ccc(Cl)cc1)C(=O)N1CCN(Cc2nc(-c3ccc(Cl)cc3)no2)CC1. The van der Waals surface area contributed by atoms with Crippen molar-refractivity contribution < 1.29 is 14.1 Å². The molecule has 31 heavy (non-hydrogen) atoms. The van der Waals surface area contributed by atoms with E-state index in [4.69, 9.17) is 32.5 Å². The molecule has 7 nitrogen and oxygen atoms in total. The van der Waals surface area contributed by atoms with E-state index in [1.54, 1.807) is 43.3 Å². The molecule has 1 fully saturated rings. The van der Waals surface area contributed by atoms with E-state index >= 15 is 0 Å². The van der Waals surface area contributed by atoms with E-state index in [1.807, 2.05) is 17.0 Å². The monoisotopic (exact) mass is 460 g/mol. The first-order chi connectivity index (χ1) is 15.0. The highest BCUT2D eigenvalue weighted by atomic mass is 35.5. The molecular formula is C22H22Cl2N4O3. The lowest BCUT2D eigenvalue weighted by molar-refractivity contribution is -0.139. The van der Waals surface area contributed by atoms with E-state index in [1.165, 1.54) is 0 Å². The fourth-order valence-electron chi connectivity index (χ4n) is 3.38. The van der Waals surface area contributed by atoms with Crippen molar-refractivity contribution in [1.82, 2.24) is 19.9 Å². The van der Waals surface area contributed by atoms with Crippen LogP contribution in [0.1, 0.15) is 12.8 Å². The first kappa shape index (κ1) is 21.6. The Hall–Kier alpha value is -2.61. The molecule has 0 spiro atoms. The predicted octanol–water partition coefficient (Wildman–Crippen LogP) is 4.16. The van der Waals surface area contributed by atoms with E-state index < -0.39 is 6.10 Å². The molecule has 0 radical (unpaired) electrons. The highest BCUT2D eigenvalue weighted by molar-refractivity contribution is 6.30. The Morgan fingerprint density at radius 2 is 1.65 bits per heavy atom. The van der Waals surface area contributed by atoms with Crippen LogP contribution in [0.25, 0.3) is 11.4 Å². The number of carbonyl (C=O) groups excluding carboxylic acids is 1. The van der Waals surface area contributed by atoms with Gasteiger partial charge in [-0.2, -0.15) is 4.98 Å². The molecule has 1 aromatic heterocycles. The van der Waals surface area contributed by atoms with Gasteiger partial charge in [-0.05, 0) is 55.5 Å². The number of rotatable bonds is 6. The average Bonchev–Trinajstić information content (AvgIpc) is 3.24. The number of piperazine rings is 1. The van der Waals surface area contributed by atoms with Crippen LogP contribution in [0.15, 0.2) is 53.1 Å². The fourth-order valence-corrected chi connectivity index (χ4v) is 3.63. The van der Waals surface area contributed by atoms with E-state index in [2.05, 4.69) is 15.0 Å². The minimum absolute atomic E-state index is 0.0302. The van der Waals surface area contributed by atoms with Gasteiger partial charge in [-0.1, -0.05) is 28.4 Å². The largest absolute Gasteiger partial charge is 0.481 e. The van der Waals surface area contributed by atoms with Crippen LogP contribution in [0.2, 0.25) is 10.0 Å². The van der Waals surface area contributed by atoms with Crippen LogP contribution < -0.4 is 4.74 Å². The van der Waals surface area contributed by atoms with Crippen molar-refractivity contribution in [3.05, 3.63) is 64.5 Å². The molecule has 0 unspecified atom stereocenters. The number of hydrogen-bond donors (Lipinski definition) is 0. The fraction of sp³-hybridized carbons (Fsp3) is 0.318. The average molecular weight is 461 g/mol. The zero-order valence-electron chi connectivity index (χ0n) is 17.0. The van der Waals surface area contributed by atoms with Gasteiger partial charge in [0.1, 0.15) is 5.75 Å². The maximum absolute atomic E-state index is 12.7. The number of halogens is 2. The summed E-state index contributed by atoms with van der Waals surface area (Å²) < 4.78 is 11.1. The lowest BCUT2D eigenvalue weighted by atomic mass is 10.2. The summed E-state index contributed by atoms with van der Waals surface area (Å²) in [5.41, 5.74) is 0.851. The van der Waals surface area contributed by atoms with Crippen molar-refractivity contribution in [2.45, 2.75) is 19.6 Å². The Bertz CT molecular complexity index is 1020. The Balaban J connectivity index is 1.27. The molecule has 0 aliphatic carbocycles. The van der Waals surface area contributed by atoms with Crippen LogP contribution in [-0.4, -0.2) is 58.1 Å². The lowest BCUT2D eigenvalue weighted by Gasteiger charge is -2.35. The molecule has 2 heterocycles. The van der Waals surface area contributed by atoms with E-state index in [0.29, 0.717) is 47.1 Å². The lowest BCUT2D eigenvalue weighted by Crippen LogP contribution is -2.51. The maximum Gasteiger partial charge on any atom is 0.263 e. The molecule has 1 amide bonds. The van der Waals surface area contributed by atoms with Gasteiger partial charge in [0.25, 0.3) is 5.91 Å². The van der Waals surface area contributed by atoms with Crippen LogP contribution in [0, 0.1) is 0 Å². The summed E-state index contributed by atoms with van der Waals surface area (Å²) in [6, 6.07) is 14.3. The van der Waals surface area contributed by atoms with Crippen LogP contribution in [0.3, 0.4) is 0 Å². The Morgan fingerprint density at radius 3 is 2.29 bits per heavy atom. The van der Waals surface area contributed by atoms with Crippen LogP contribution in [0.5, 0.6) is 5.75 Å². The first-order valence-corrected chi connectivity index (χ1v) is 10.8. The third-order valence-electron chi connectivity index (χ3n) is 5.09. The van der Waals surface area contributed by atoms with Crippen molar-refractivity contribution in [3.63, 3.8) is 0 Å². The van der Waals surface area contributed by atoms with E-state index in [0.717, 1.165) is 18.7 Å². The summed E-state index contributed by atoms with van der Waals surface area (Å²) in [5, 5.41) is 5.34. The summed E-state index contributed by atoms with van der Waals surface area (Å²) in [7, 11) is 0. The third-order valence-corrected chi connectivity index (χ3v) is 5.59. The number of nitrogens with zero attached hydrogens (tertiary/aromatic N) is 4. The maximum atomic E-state index is 12.7. The number of hydrogen-bond acceptors (Lipinski definition) is 6. The summed E-state index contributed by atoms with van der Waals surface area (Å²) in [4.78, 5) is 21.2. The second-order valence-corrected chi connectivity index (χ2v) is 8.21. The van der Waals surface area contributed by atoms with Gasteiger partial charge >= 0.3 is 0 Å². The van der Waals surface area contributed by atoms with Gasteiger partial charge in [-0.25, -0.2) is 0 Å². The number of aromatic nitrogens is 2. The van der Waals surface area contributed by atoms with E-state index in [9.17, 15) is 4.79 Å². The van der Waals surface area contributed by atoms with Gasteiger partial charge in [0.2, 0.25) is 11.7 Å². The Kier molecular flexibility index (Phi) is 6.75. The zero-order chi connectivity index (χ0) is 21.8. The standard InChI is InChI=1S/C22H22Cl2N4O3/c1-15(30-19-8-6-18(24)7-9-19)22(29)28-12-10-27(11-13-28)14-20-25-21(26-31-20)16-2-4-17(23)5-3-16/h2-9,15H,10-14H2,1H3/t15-/m0/s1. The number of benzene rings is 2. The minimum Gasteiger partial charge on any atom is -0.481 e. The third kappa shape index (κ3) is 5.55. The van der Waals surface area contributed by atoms with Crippen LogP contribution in [0.4, 0.5) is 0 Å². The molecule has 0 N–H and O–H groups in total. The second kappa shape index (κ2) is 9.68. The van der Waals surface area contributed by atoms with Gasteiger partial charge in [-0.3, -0.25) is 9.69 Å². The van der Waals surface area contributed by atoms with Gasteiger partial charge in [0.15, 0.2) is 6.10 Å². The molecule has 1 atom stereocenters. The van der Waals surface area contributed by atoms with Crippen molar-refractivity contribution >= 4 is 29.1 Å². The van der Waals surface area contributed by atoms with Crippen molar-refractivity contribution in [2.75, 3.05) is 26.2 Å². The van der Waals surface area contributed by atoms with Gasteiger partial charge in [-0.15, -0.1) is 0 Å². The summed E-state index contributed by atoms with van der Waals surface area (Å²) >= 11 is 11.8. The summed E-state index contributed by atoms with van der Waals surface area (Å²) in [5.74, 6) is 1.67. The Labute approximate surface area is 190 Å². The molecule has 162 valence electrons. The molecule has 9 heteroatoms. The summed E-state index contributed by atoms with van der Waals surface area (Å²) in [6.45, 7) is 4.98. The Morgan fingerprint density at radius 1 is 1.03 bits per heavy atom. The molecular weight excluding hydrogens is 439 g/mol. The topological polar surface area (TPSA) is 71.7 Å². The van der Waals surface area contributed by atoms with Crippen molar-refractivity contribution in [1.29, 1.82) is 0 Å². The molecule has 0 bridgehead atoms. The first-order valence-electron chi connectivity index (χ1n) is 10.00. The minimum atomic E-state index is -0.564. The number of ether oxygens (including phenoxy) is 1. The van der Waals surface area contributed by atoms with Crippen molar-refractivity contribution in [3.8, 4) is 17.1 Å². The molecule has 4 rings (SSSR count). The van der Waals surface area contributed by atoms with Gasteiger partial charge in [0.05, 0.1) is 6.54 Å². The van der Waals surface area contributed by atoms with Crippen LogP contribution >= 0.6 is 23.2 Å². The number of carbonyl (C=O) groups is 1. The van der Waals surface area contributed by atoms with E-state index in [-0.39, 0.29) is 5.91 Å². The molecule has 3 aromatic rings. The second-order valence-electron chi connectivity index (χ2n) is 7.33.